The van der Waals surface area contributed by atoms with Crippen molar-refractivity contribution in [1.82, 2.24) is 9.78 Å². The first-order chi connectivity index (χ1) is 12.3. The Morgan fingerprint density at radius 2 is 1.60 bits per heavy atom. The molecule has 4 rings (SSSR count). The molecule has 128 valence electrons. The minimum atomic E-state index is 0.442. The van der Waals surface area contributed by atoms with E-state index in [1.807, 2.05) is 35.0 Å². The van der Waals surface area contributed by atoms with Gasteiger partial charge in [0.2, 0.25) is 5.89 Å². The number of hydrogen-bond donors (Lipinski definition) is 1. The summed E-state index contributed by atoms with van der Waals surface area (Å²) in [6.07, 6.45) is 0. The summed E-state index contributed by atoms with van der Waals surface area (Å²) in [5, 5.41) is 4.56. The molecule has 0 aliphatic carbocycles. The predicted octanol–water partition coefficient (Wildman–Crippen LogP) is 2.24. The lowest BCUT2D eigenvalue weighted by Gasteiger charge is -2.33. The number of piperazine rings is 1. The predicted molar refractivity (Wildman–Crippen MR) is 100 cm³/mol. The lowest BCUT2D eigenvalue weighted by molar-refractivity contribution is -0.924. The van der Waals surface area contributed by atoms with Crippen LogP contribution in [-0.2, 0) is 6.67 Å². The van der Waals surface area contributed by atoms with Gasteiger partial charge in [-0.1, -0.05) is 36.4 Å². The molecule has 0 unspecified atom stereocenters. The molecule has 0 saturated carbocycles. The molecule has 3 aromatic rings. The van der Waals surface area contributed by atoms with Crippen LogP contribution in [0.2, 0.25) is 0 Å². The lowest BCUT2D eigenvalue weighted by Crippen LogP contribution is -3.14. The van der Waals surface area contributed by atoms with Crippen molar-refractivity contribution in [1.29, 1.82) is 0 Å². The van der Waals surface area contributed by atoms with E-state index >= 15 is 0 Å². The van der Waals surface area contributed by atoms with Crippen LogP contribution in [0.3, 0.4) is 0 Å². The largest absolute Gasteiger partial charge is 0.409 e. The minimum absolute atomic E-state index is 0.442. The fraction of sp³-hybridized carbons (Fsp3) is 0.263. The maximum Gasteiger partial charge on any atom is 0.292 e. The van der Waals surface area contributed by atoms with E-state index in [1.165, 1.54) is 10.6 Å². The number of hydrogen-bond acceptors (Lipinski definition) is 4. The van der Waals surface area contributed by atoms with E-state index in [4.69, 9.17) is 16.6 Å². The molecule has 0 spiro atoms. The van der Waals surface area contributed by atoms with Crippen molar-refractivity contribution < 1.29 is 9.32 Å². The second kappa shape index (κ2) is 7.21. The van der Waals surface area contributed by atoms with Gasteiger partial charge in [0, 0.05) is 11.3 Å². The average Bonchev–Trinajstić information content (AvgIpc) is 3.04. The topological polar surface area (TPSA) is 38.6 Å². The maximum atomic E-state index is 5.68. The summed E-state index contributed by atoms with van der Waals surface area (Å²) in [7, 11) is 0. The molecule has 0 bridgehead atoms. The molecule has 0 amide bonds. The molecule has 6 heteroatoms. The van der Waals surface area contributed by atoms with Crippen molar-refractivity contribution in [2.24, 2.45) is 0 Å². The van der Waals surface area contributed by atoms with E-state index in [2.05, 4.69) is 40.3 Å². The molecule has 5 nitrogen and oxygen atoms in total. The van der Waals surface area contributed by atoms with Crippen molar-refractivity contribution in [3.63, 3.8) is 0 Å². The quantitative estimate of drug-likeness (QED) is 0.730. The smallest absolute Gasteiger partial charge is 0.292 e. The van der Waals surface area contributed by atoms with Gasteiger partial charge in [-0.15, -0.1) is 5.10 Å². The standard InChI is InChI=1S/C19H20N4OS/c25-19-23(20-18(24-19)16-7-3-1-4-8-16)15-21-11-13-22(14-12-21)17-9-5-2-6-10-17/h1-10H,11-15H2/p+1. The van der Waals surface area contributed by atoms with Crippen LogP contribution in [-0.4, -0.2) is 36.0 Å². The van der Waals surface area contributed by atoms with Crippen LogP contribution in [0.25, 0.3) is 11.5 Å². The van der Waals surface area contributed by atoms with Gasteiger partial charge in [-0.3, -0.25) is 0 Å². The highest BCUT2D eigenvalue weighted by molar-refractivity contribution is 7.71. The van der Waals surface area contributed by atoms with E-state index in [0.29, 0.717) is 10.7 Å². The van der Waals surface area contributed by atoms with E-state index < -0.39 is 0 Å². The summed E-state index contributed by atoms with van der Waals surface area (Å²) in [5.41, 5.74) is 2.25. The molecule has 2 heterocycles. The van der Waals surface area contributed by atoms with Crippen LogP contribution < -0.4 is 9.80 Å². The molecule has 0 radical (unpaired) electrons. The zero-order valence-electron chi connectivity index (χ0n) is 14.0. The minimum Gasteiger partial charge on any atom is -0.409 e. The number of quaternary nitrogens is 1. The second-order valence-electron chi connectivity index (χ2n) is 6.27. The third-order valence-corrected chi connectivity index (χ3v) is 4.89. The Hall–Kier alpha value is -2.44. The van der Waals surface area contributed by atoms with E-state index in [1.54, 1.807) is 0 Å². The van der Waals surface area contributed by atoms with Gasteiger partial charge in [0.05, 0.1) is 26.2 Å². The summed E-state index contributed by atoms with van der Waals surface area (Å²) in [4.78, 5) is 4.34. The van der Waals surface area contributed by atoms with Crippen molar-refractivity contribution in [3.8, 4) is 11.5 Å². The number of para-hydroxylation sites is 1. The maximum absolute atomic E-state index is 5.68. The summed E-state index contributed by atoms with van der Waals surface area (Å²) >= 11 is 5.35. The fourth-order valence-corrected chi connectivity index (χ4v) is 3.38. The molecule has 1 aliphatic heterocycles. The first-order valence-electron chi connectivity index (χ1n) is 8.56. The van der Waals surface area contributed by atoms with Crippen molar-refractivity contribution in [3.05, 3.63) is 65.5 Å². The summed E-state index contributed by atoms with van der Waals surface area (Å²) in [6, 6.07) is 20.5. The number of nitrogens with zero attached hydrogens (tertiary/aromatic N) is 3. The van der Waals surface area contributed by atoms with Crippen molar-refractivity contribution in [2.75, 3.05) is 31.1 Å². The zero-order valence-corrected chi connectivity index (χ0v) is 14.8. The van der Waals surface area contributed by atoms with Gasteiger partial charge < -0.3 is 14.2 Å². The van der Waals surface area contributed by atoms with Gasteiger partial charge in [-0.25, -0.2) is 0 Å². The Morgan fingerprint density at radius 1 is 0.960 bits per heavy atom. The molecule has 25 heavy (non-hydrogen) atoms. The Balaban J connectivity index is 1.41. The normalized spacial score (nSPS) is 15.4. The van der Waals surface area contributed by atoms with Gasteiger partial charge >= 0.3 is 0 Å². The molecule has 1 saturated heterocycles. The number of rotatable bonds is 4. The molecular weight excluding hydrogens is 332 g/mol. The monoisotopic (exact) mass is 353 g/mol. The molecule has 1 aromatic heterocycles. The van der Waals surface area contributed by atoms with E-state index in [0.717, 1.165) is 38.4 Å². The van der Waals surface area contributed by atoms with Crippen LogP contribution in [0.5, 0.6) is 0 Å². The molecule has 1 N–H and O–H groups in total. The van der Waals surface area contributed by atoms with Gasteiger partial charge in [-0.05, 0) is 36.5 Å². The average molecular weight is 353 g/mol. The molecular formula is C19H21N4OS+. The van der Waals surface area contributed by atoms with Gasteiger partial charge in [0.1, 0.15) is 0 Å². The molecule has 0 atom stereocenters. The molecule has 1 fully saturated rings. The first-order valence-corrected chi connectivity index (χ1v) is 8.97. The molecule has 1 aliphatic rings. The SMILES string of the molecule is S=c1oc(-c2ccccc2)nn1C[NH+]1CCN(c2ccccc2)CC1. The van der Waals surface area contributed by atoms with Gasteiger partial charge in [0.15, 0.2) is 6.67 Å². The number of benzene rings is 2. The highest BCUT2D eigenvalue weighted by Gasteiger charge is 2.21. The summed E-state index contributed by atoms with van der Waals surface area (Å²) in [6.45, 7) is 4.94. The second-order valence-corrected chi connectivity index (χ2v) is 6.62. The Bertz CT molecular complexity index is 867. The lowest BCUT2D eigenvalue weighted by atomic mass is 10.2. The van der Waals surface area contributed by atoms with Crippen LogP contribution >= 0.6 is 12.2 Å². The Labute approximate surface area is 152 Å². The fourth-order valence-electron chi connectivity index (χ4n) is 3.19. The number of anilines is 1. The van der Waals surface area contributed by atoms with Crippen molar-refractivity contribution in [2.45, 2.75) is 6.67 Å². The van der Waals surface area contributed by atoms with Crippen LogP contribution in [0, 0.1) is 4.84 Å². The van der Waals surface area contributed by atoms with Crippen molar-refractivity contribution >= 4 is 17.9 Å². The van der Waals surface area contributed by atoms with E-state index in [9.17, 15) is 0 Å². The number of aromatic nitrogens is 2. The highest BCUT2D eigenvalue weighted by atomic mass is 32.1. The van der Waals surface area contributed by atoms with Gasteiger partial charge in [-0.2, -0.15) is 4.68 Å². The van der Waals surface area contributed by atoms with Gasteiger partial charge in [0.25, 0.3) is 4.84 Å². The highest BCUT2D eigenvalue weighted by Crippen LogP contribution is 2.16. The summed E-state index contributed by atoms with van der Waals surface area (Å²) < 4.78 is 7.49. The van der Waals surface area contributed by atoms with Crippen LogP contribution in [0.1, 0.15) is 0 Å². The third-order valence-electron chi connectivity index (χ3n) is 4.59. The Kier molecular flexibility index (Phi) is 4.63. The van der Waals surface area contributed by atoms with E-state index in [-0.39, 0.29) is 0 Å². The Morgan fingerprint density at radius 3 is 2.28 bits per heavy atom. The number of nitrogens with one attached hydrogen (secondary N) is 1. The molecule has 2 aromatic carbocycles. The first kappa shape index (κ1) is 16.1. The third kappa shape index (κ3) is 3.65. The zero-order chi connectivity index (χ0) is 17.1. The van der Waals surface area contributed by atoms with Crippen LogP contribution in [0.15, 0.2) is 65.1 Å². The van der Waals surface area contributed by atoms with Crippen LogP contribution in [0.4, 0.5) is 5.69 Å². The summed E-state index contributed by atoms with van der Waals surface area (Å²) in [5.74, 6) is 0.591.